The van der Waals surface area contributed by atoms with Crippen molar-refractivity contribution in [2.75, 3.05) is 0 Å². The minimum absolute atomic E-state index is 0.297. The van der Waals surface area contributed by atoms with E-state index < -0.39 is 0 Å². The Balaban J connectivity index is 2.55. The quantitative estimate of drug-likeness (QED) is 0.750. The molecule has 0 unspecified atom stereocenters. The van der Waals surface area contributed by atoms with Crippen LogP contribution in [0.5, 0.6) is 0 Å². The van der Waals surface area contributed by atoms with Crippen LogP contribution >= 0.6 is 0 Å². The Kier molecular flexibility index (Phi) is 2.04. The maximum atomic E-state index is 13.4. The van der Waals surface area contributed by atoms with Crippen molar-refractivity contribution in [1.29, 1.82) is 0 Å². The van der Waals surface area contributed by atoms with Gasteiger partial charge in [-0.05, 0) is 26.0 Å². The summed E-state index contributed by atoms with van der Waals surface area (Å²) in [6, 6.07) is 4.88. The molecule has 0 saturated heterocycles. The monoisotopic (exact) mass is 191 g/mol. The van der Waals surface area contributed by atoms with E-state index in [2.05, 4.69) is 15.2 Å². The zero-order valence-electron chi connectivity index (χ0n) is 8.00. The van der Waals surface area contributed by atoms with Gasteiger partial charge in [-0.25, -0.2) is 9.37 Å². The summed E-state index contributed by atoms with van der Waals surface area (Å²) in [6.45, 7) is 3.69. The smallest absolute Gasteiger partial charge is 0.184 e. The predicted molar refractivity (Wildman–Crippen MR) is 51.3 cm³/mol. The molecule has 0 saturated carbocycles. The number of aromatic nitrogens is 3. The maximum absolute atomic E-state index is 13.4. The van der Waals surface area contributed by atoms with E-state index in [-0.39, 0.29) is 5.82 Å². The first-order chi connectivity index (χ1) is 6.66. The van der Waals surface area contributed by atoms with Crippen LogP contribution in [0.4, 0.5) is 4.39 Å². The van der Waals surface area contributed by atoms with Gasteiger partial charge in [0.15, 0.2) is 5.82 Å². The number of H-pyrrole nitrogens is 1. The molecule has 0 bridgehead atoms. The van der Waals surface area contributed by atoms with Crippen molar-refractivity contribution in [3.63, 3.8) is 0 Å². The fourth-order valence-corrected chi connectivity index (χ4v) is 1.27. The Labute approximate surface area is 81.0 Å². The van der Waals surface area contributed by atoms with Crippen molar-refractivity contribution >= 4 is 0 Å². The van der Waals surface area contributed by atoms with Crippen molar-refractivity contribution in [2.24, 2.45) is 0 Å². The van der Waals surface area contributed by atoms with E-state index in [1.165, 1.54) is 6.07 Å². The third-order valence-corrected chi connectivity index (χ3v) is 1.96. The normalized spacial score (nSPS) is 10.5. The molecule has 1 heterocycles. The number of benzene rings is 1. The molecule has 0 amide bonds. The highest BCUT2D eigenvalue weighted by Gasteiger charge is 2.09. The van der Waals surface area contributed by atoms with Crippen LogP contribution in [0.1, 0.15) is 11.4 Å². The summed E-state index contributed by atoms with van der Waals surface area (Å²) in [6.07, 6.45) is 0. The Morgan fingerprint density at radius 1 is 1.29 bits per heavy atom. The van der Waals surface area contributed by atoms with Crippen molar-refractivity contribution in [1.82, 2.24) is 15.2 Å². The molecule has 2 aromatic rings. The molecule has 3 nitrogen and oxygen atoms in total. The molecular weight excluding hydrogens is 181 g/mol. The van der Waals surface area contributed by atoms with Crippen LogP contribution in [0.3, 0.4) is 0 Å². The van der Waals surface area contributed by atoms with Crippen LogP contribution in [0.15, 0.2) is 18.2 Å². The third-order valence-electron chi connectivity index (χ3n) is 1.96. The summed E-state index contributed by atoms with van der Waals surface area (Å²) in [5.41, 5.74) is 1.43. The molecule has 0 aliphatic rings. The number of hydrogen-bond acceptors (Lipinski definition) is 2. The second-order valence-electron chi connectivity index (χ2n) is 3.23. The molecule has 0 aliphatic heterocycles. The lowest BCUT2D eigenvalue weighted by Gasteiger charge is -1.98. The van der Waals surface area contributed by atoms with Gasteiger partial charge >= 0.3 is 0 Å². The Hall–Kier alpha value is -1.71. The summed E-state index contributed by atoms with van der Waals surface area (Å²) in [4.78, 5) is 4.08. The van der Waals surface area contributed by atoms with Crippen LogP contribution in [0.2, 0.25) is 0 Å². The molecule has 0 atom stereocenters. The van der Waals surface area contributed by atoms with Gasteiger partial charge in [0.25, 0.3) is 0 Å². The average Bonchev–Trinajstić information content (AvgIpc) is 2.56. The van der Waals surface area contributed by atoms with E-state index in [9.17, 15) is 4.39 Å². The van der Waals surface area contributed by atoms with E-state index in [1.54, 1.807) is 19.1 Å². The van der Waals surface area contributed by atoms with Crippen molar-refractivity contribution in [3.05, 3.63) is 35.4 Å². The molecule has 14 heavy (non-hydrogen) atoms. The van der Waals surface area contributed by atoms with Gasteiger partial charge in [-0.3, -0.25) is 5.10 Å². The topological polar surface area (TPSA) is 41.6 Å². The molecule has 0 spiro atoms. The standard InChI is InChI=1S/C10H10FN3/c1-6-3-4-9(11)8(5-6)10-12-7(2)13-14-10/h3-5H,1-2H3,(H,12,13,14). The van der Waals surface area contributed by atoms with E-state index >= 15 is 0 Å². The predicted octanol–water partition coefficient (Wildman–Crippen LogP) is 2.23. The van der Waals surface area contributed by atoms with Crippen LogP contribution in [0, 0.1) is 19.7 Å². The zero-order valence-corrected chi connectivity index (χ0v) is 8.00. The van der Waals surface area contributed by atoms with E-state index in [0.717, 1.165) is 5.56 Å². The second kappa shape index (κ2) is 3.21. The highest BCUT2D eigenvalue weighted by molar-refractivity contribution is 5.56. The van der Waals surface area contributed by atoms with Gasteiger partial charge in [-0.2, -0.15) is 5.10 Å². The number of rotatable bonds is 1. The van der Waals surface area contributed by atoms with E-state index in [4.69, 9.17) is 0 Å². The summed E-state index contributed by atoms with van der Waals surface area (Å²) >= 11 is 0. The number of halogens is 1. The van der Waals surface area contributed by atoms with Gasteiger partial charge in [0.05, 0.1) is 5.56 Å². The van der Waals surface area contributed by atoms with Gasteiger partial charge in [0.1, 0.15) is 11.6 Å². The zero-order chi connectivity index (χ0) is 10.1. The average molecular weight is 191 g/mol. The molecule has 4 heteroatoms. The first-order valence-electron chi connectivity index (χ1n) is 4.32. The first kappa shape index (κ1) is 8.87. The largest absolute Gasteiger partial charge is 0.263 e. The summed E-state index contributed by atoms with van der Waals surface area (Å²) < 4.78 is 13.4. The lowest BCUT2D eigenvalue weighted by molar-refractivity contribution is 0.629. The number of nitrogens with zero attached hydrogens (tertiary/aromatic N) is 2. The third kappa shape index (κ3) is 1.51. The van der Waals surface area contributed by atoms with Gasteiger partial charge in [0.2, 0.25) is 0 Å². The van der Waals surface area contributed by atoms with E-state index in [1.807, 2.05) is 6.92 Å². The van der Waals surface area contributed by atoms with E-state index in [0.29, 0.717) is 17.2 Å². The van der Waals surface area contributed by atoms with Crippen molar-refractivity contribution < 1.29 is 4.39 Å². The van der Waals surface area contributed by atoms with Crippen molar-refractivity contribution in [2.45, 2.75) is 13.8 Å². The minimum atomic E-state index is -0.297. The molecule has 1 aromatic heterocycles. The van der Waals surface area contributed by atoms with Crippen LogP contribution < -0.4 is 0 Å². The Morgan fingerprint density at radius 2 is 2.07 bits per heavy atom. The Morgan fingerprint density at radius 3 is 2.71 bits per heavy atom. The van der Waals surface area contributed by atoms with Crippen LogP contribution in [0.25, 0.3) is 11.4 Å². The number of hydrogen-bond donors (Lipinski definition) is 1. The molecule has 1 N–H and O–H groups in total. The Bertz CT molecular complexity index is 462. The van der Waals surface area contributed by atoms with Gasteiger partial charge in [0, 0.05) is 0 Å². The summed E-state index contributed by atoms with van der Waals surface area (Å²) in [7, 11) is 0. The fourth-order valence-electron chi connectivity index (χ4n) is 1.27. The summed E-state index contributed by atoms with van der Waals surface area (Å²) in [5.74, 6) is 0.791. The van der Waals surface area contributed by atoms with Gasteiger partial charge in [-0.15, -0.1) is 0 Å². The lowest BCUT2D eigenvalue weighted by atomic mass is 10.1. The highest BCUT2D eigenvalue weighted by Crippen LogP contribution is 2.19. The first-order valence-corrected chi connectivity index (χ1v) is 4.32. The maximum Gasteiger partial charge on any atom is 0.184 e. The number of nitrogens with one attached hydrogen (secondary N) is 1. The molecule has 72 valence electrons. The highest BCUT2D eigenvalue weighted by atomic mass is 19.1. The molecule has 0 radical (unpaired) electrons. The van der Waals surface area contributed by atoms with Crippen LogP contribution in [-0.2, 0) is 0 Å². The molecule has 0 fully saturated rings. The van der Waals surface area contributed by atoms with Crippen molar-refractivity contribution in [3.8, 4) is 11.4 Å². The van der Waals surface area contributed by atoms with Gasteiger partial charge in [-0.1, -0.05) is 11.6 Å². The fraction of sp³-hybridized carbons (Fsp3) is 0.200. The SMILES string of the molecule is Cc1ccc(F)c(-c2n[nH]c(C)n2)c1. The molecule has 0 aliphatic carbocycles. The van der Waals surface area contributed by atoms with Crippen LogP contribution in [-0.4, -0.2) is 15.2 Å². The minimum Gasteiger partial charge on any atom is -0.263 e. The number of aryl methyl sites for hydroxylation is 2. The molecule has 1 aromatic carbocycles. The number of aromatic amines is 1. The van der Waals surface area contributed by atoms with Gasteiger partial charge < -0.3 is 0 Å². The second-order valence-corrected chi connectivity index (χ2v) is 3.23. The molecular formula is C10H10FN3. The summed E-state index contributed by atoms with van der Waals surface area (Å²) in [5, 5.41) is 6.60. The lowest BCUT2D eigenvalue weighted by Crippen LogP contribution is -1.87. The molecule has 2 rings (SSSR count).